The first kappa shape index (κ1) is 7.23. The zero-order chi connectivity index (χ0) is 7.84. The lowest BCUT2D eigenvalue weighted by atomic mass is 10.5. The van der Waals surface area contributed by atoms with Crippen LogP contribution in [-0.2, 0) is 0 Å². The Bertz CT molecular complexity index is 398. The van der Waals surface area contributed by atoms with Gasteiger partial charge in [-0.05, 0) is 34.2 Å². The maximum Gasteiger partial charge on any atom is 0.224 e. The van der Waals surface area contributed by atoms with Crippen molar-refractivity contribution >= 4 is 45.2 Å². The fourth-order valence-electron chi connectivity index (χ4n) is 0.759. The van der Waals surface area contributed by atoms with Crippen LogP contribution in [0.3, 0.4) is 0 Å². The van der Waals surface area contributed by atoms with E-state index >= 15 is 0 Å². The largest absolute Gasteiger partial charge is 0.260 e. The Morgan fingerprint density at radius 3 is 3.18 bits per heavy atom. The fraction of sp³-hybridized carbons (Fsp3) is 0. The van der Waals surface area contributed by atoms with E-state index in [0.29, 0.717) is 5.65 Å². The topological polar surface area (TPSA) is 54.5 Å². The molecule has 1 N–H and O–H groups in total. The highest BCUT2D eigenvalue weighted by Gasteiger charge is 2.03. The van der Waals surface area contributed by atoms with E-state index in [-0.39, 0.29) is 5.28 Å². The number of aromatic amines is 1. The highest BCUT2D eigenvalue weighted by atomic mass is 127. The average molecular weight is 280 g/mol. The third-order valence-corrected chi connectivity index (χ3v) is 2.25. The minimum atomic E-state index is 0.234. The van der Waals surface area contributed by atoms with Crippen LogP contribution in [0, 0.1) is 3.70 Å². The first-order valence-corrected chi connectivity index (χ1v) is 4.25. The van der Waals surface area contributed by atoms with Crippen LogP contribution < -0.4 is 0 Å². The summed E-state index contributed by atoms with van der Waals surface area (Å²) in [5, 5.41) is 7.80. The SMILES string of the molecule is Clc1ncc2c(I)n[nH]c2n1. The number of fused-ring (bicyclic) bond motifs is 1. The second-order valence-corrected chi connectivity index (χ2v) is 3.28. The van der Waals surface area contributed by atoms with Crippen molar-refractivity contribution in [3.8, 4) is 0 Å². The van der Waals surface area contributed by atoms with Crippen LogP contribution in [0.25, 0.3) is 11.0 Å². The Morgan fingerprint density at radius 2 is 2.36 bits per heavy atom. The van der Waals surface area contributed by atoms with Crippen LogP contribution in [0.1, 0.15) is 0 Å². The van der Waals surface area contributed by atoms with Gasteiger partial charge in [0.1, 0.15) is 3.70 Å². The van der Waals surface area contributed by atoms with Gasteiger partial charge < -0.3 is 0 Å². The Labute approximate surface area is 80.5 Å². The number of nitrogens with one attached hydrogen (secondary N) is 1. The first-order valence-electron chi connectivity index (χ1n) is 2.79. The smallest absolute Gasteiger partial charge is 0.224 e. The summed E-state index contributed by atoms with van der Waals surface area (Å²) in [5.74, 6) is 0. The van der Waals surface area contributed by atoms with E-state index in [4.69, 9.17) is 11.6 Å². The minimum absolute atomic E-state index is 0.234. The molecular weight excluding hydrogens is 278 g/mol. The van der Waals surface area contributed by atoms with E-state index in [2.05, 4.69) is 42.8 Å². The van der Waals surface area contributed by atoms with E-state index < -0.39 is 0 Å². The molecule has 0 radical (unpaired) electrons. The summed E-state index contributed by atoms with van der Waals surface area (Å²) < 4.78 is 0.856. The maximum atomic E-state index is 5.56. The van der Waals surface area contributed by atoms with Gasteiger partial charge in [0.15, 0.2) is 5.65 Å². The molecular formula is C5H2ClIN4. The van der Waals surface area contributed by atoms with Crippen molar-refractivity contribution in [1.82, 2.24) is 20.2 Å². The van der Waals surface area contributed by atoms with E-state index in [0.717, 1.165) is 9.09 Å². The van der Waals surface area contributed by atoms with Gasteiger partial charge in [-0.15, -0.1) is 0 Å². The van der Waals surface area contributed by atoms with Crippen molar-refractivity contribution in [2.75, 3.05) is 0 Å². The minimum Gasteiger partial charge on any atom is -0.260 e. The van der Waals surface area contributed by atoms with Crippen molar-refractivity contribution in [2.45, 2.75) is 0 Å². The Balaban J connectivity index is 2.86. The highest BCUT2D eigenvalue weighted by Crippen LogP contribution is 2.15. The lowest BCUT2D eigenvalue weighted by molar-refractivity contribution is 1.07. The molecule has 56 valence electrons. The summed E-state index contributed by atoms with van der Waals surface area (Å²) in [5.41, 5.74) is 0.675. The number of aromatic nitrogens is 4. The molecule has 6 heteroatoms. The van der Waals surface area contributed by atoms with Gasteiger partial charge >= 0.3 is 0 Å². The molecule has 0 aliphatic rings. The Kier molecular flexibility index (Phi) is 1.68. The summed E-state index contributed by atoms with van der Waals surface area (Å²) in [6.45, 7) is 0. The summed E-state index contributed by atoms with van der Waals surface area (Å²) in [6.07, 6.45) is 1.65. The van der Waals surface area contributed by atoms with Crippen molar-refractivity contribution in [3.05, 3.63) is 15.2 Å². The maximum absolute atomic E-state index is 5.56. The van der Waals surface area contributed by atoms with E-state index in [1.807, 2.05) is 0 Å². The predicted octanol–water partition coefficient (Wildman–Crippen LogP) is 1.61. The molecule has 11 heavy (non-hydrogen) atoms. The molecule has 0 bridgehead atoms. The molecule has 0 aliphatic carbocycles. The van der Waals surface area contributed by atoms with Crippen molar-refractivity contribution in [1.29, 1.82) is 0 Å². The zero-order valence-electron chi connectivity index (χ0n) is 5.17. The summed E-state index contributed by atoms with van der Waals surface area (Å²) in [7, 11) is 0. The fourth-order valence-corrected chi connectivity index (χ4v) is 1.41. The van der Waals surface area contributed by atoms with Crippen LogP contribution in [0.2, 0.25) is 5.28 Å². The van der Waals surface area contributed by atoms with Crippen LogP contribution in [0.5, 0.6) is 0 Å². The van der Waals surface area contributed by atoms with Gasteiger partial charge in [0.05, 0.1) is 5.39 Å². The monoisotopic (exact) mass is 280 g/mol. The van der Waals surface area contributed by atoms with Gasteiger partial charge in [0.25, 0.3) is 0 Å². The summed E-state index contributed by atoms with van der Waals surface area (Å²) in [6, 6.07) is 0. The van der Waals surface area contributed by atoms with Crippen LogP contribution >= 0.6 is 34.2 Å². The number of halogens is 2. The third-order valence-electron chi connectivity index (χ3n) is 1.24. The third kappa shape index (κ3) is 1.18. The van der Waals surface area contributed by atoms with Crippen LogP contribution in [0.4, 0.5) is 0 Å². The average Bonchev–Trinajstić information content (AvgIpc) is 2.32. The van der Waals surface area contributed by atoms with Crippen molar-refractivity contribution < 1.29 is 0 Å². The van der Waals surface area contributed by atoms with Gasteiger partial charge in [-0.3, -0.25) is 5.10 Å². The first-order chi connectivity index (χ1) is 5.27. The lowest BCUT2D eigenvalue weighted by Crippen LogP contribution is -1.81. The second-order valence-electron chi connectivity index (χ2n) is 1.92. The molecule has 2 aromatic rings. The van der Waals surface area contributed by atoms with Gasteiger partial charge in [0.2, 0.25) is 5.28 Å². The van der Waals surface area contributed by atoms with Crippen molar-refractivity contribution in [2.24, 2.45) is 0 Å². The van der Waals surface area contributed by atoms with E-state index in [9.17, 15) is 0 Å². The normalized spacial score (nSPS) is 10.7. The van der Waals surface area contributed by atoms with E-state index in [1.165, 1.54) is 0 Å². The van der Waals surface area contributed by atoms with Gasteiger partial charge in [-0.2, -0.15) is 10.1 Å². The molecule has 0 saturated heterocycles. The number of rotatable bonds is 0. The number of hydrogen-bond acceptors (Lipinski definition) is 3. The summed E-state index contributed by atoms with van der Waals surface area (Å²) >= 11 is 7.66. The van der Waals surface area contributed by atoms with Gasteiger partial charge in [0, 0.05) is 6.20 Å². The molecule has 0 spiro atoms. The molecule has 0 saturated carbocycles. The molecule has 2 heterocycles. The molecule has 0 atom stereocenters. The molecule has 0 aromatic carbocycles. The van der Waals surface area contributed by atoms with Crippen LogP contribution in [-0.4, -0.2) is 20.2 Å². The Morgan fingerprint density at radius 1 is 1.55 bits per heavy atom. The Hall–Kier alpha value is -0.430. The van der Waals surface area contributed by atoms with Gasteiger partial charge in [-0.25, -0.2) is 4.98 Å². The molecule has 2 aromatic heterocycles. The lowest BCUT2D eigenvalue weighted by Gasteiger charge is -1.86. The molecule has 4 nitrogen and oxygen atoms in total. The molecule has 0 amide bonds. The van der Waals surface area contributed by atoms with Crippen LogP contribution in [0.15, 0.2) is 6.20 Å². The molecule has 0 aliphatic heterocycles. The highest BCUT2D eigenvalue weighted by molar-refractivity contribution is 14.1. The molecule has 0 fully saturated rings. The number of H-pyrrole nitrogens is 1. The summed E-state index contributed by atoms with van der Waals surface area (Å²) in [4.78, 5) is 7.76. The zero-order valence-corrected chi connectivity index (χ0v) is 8.09. The molecule has 0 unspecified atom stereocenters. The quantitative estimate of drug-likeness (QED) is 0.589. The van der Waals surface area contributed by atoms with Crippen molar-refractivity contribution in [3.63, 3.8) is 0 Å². The predicted molar refractivity (Wildman–Crippen MR) is 49.4 cm³/mol. The molecule has 2 rings (SSSR count). The number of hydrogen-bond donors (Lipinski definition) is 1. The van der Waals surface area contributed by atoms with E-state index in [1.54, 1.807) is 6.20 Å². The number of nitrogens with zero attached hydrogens (tertiary/aromatic N) is 3. The second kappa shape index (κ2) is 2.56. The standard InChI is InChI=1S/C5H2ClIN4/c6-5-8-1-2-3(7)10-11-4(2)9-5/h1H,(H,8,9,10,11). The van der Waals surface area contributed by atoms with Gasteiger partial charge in [-0.1, -0.05) is 0 Å².